The Hall–Kier alpha value is -1.80. The van der Waals surface area contributed by atoms with Crippen LogP contribution in [0.5, 0.6) is 5.75 Å². The van der Waals surface area contributed by atoms with Crippen LogP contribution in [0.3, 0.4) is 0 Å². The summed E-state index contributed by atoms with van der Waals surface area (Å²) in [6.45, 7) is 2.84. The molecule has 2 rings (SSSR count). The van der Waals surface area contributed by atoms with Crippen LogP contribution in [0.25, 0.3) is 0 Å². The standard InChI is InChI=1S/C16H21F3N2O3/c1-11(12-3-2-4-13(9-12)24-16(17,18)19)21-14(22)15(10-20)5-7-23-8-6-15/h2-4,9,11H,5-8,10,20H2,1H3,(H,21,22). The van der Waals surface area contributed by atoms with Gasteiger partial charge >= 0.3 is 6.36 Å². The number of alkyl halides is 3. The smallest absolute Gasteiger partial charge is 0.406 e. The molecule has 0 bridgehead atoms. The van der Waals surface area contributed by atoms with Crippen molar-refractivity contribution in [3.8, 4) is 5.75 Å². The largest absolute Gasteiger partial charge is 0.573 e. The third-order valence-corrected chi connectivity index (χ3v) is 4.26. The second-order valence-electron chi connectivity index (χ2n) is 5.91. The molecule has 134 valence electrons. The first-order valence-corrected chi connectivity index (χ1v) is 7.70. The summed E-state index contributed by atoms with van der Waals surface area (Å²) in [5.41, 5.74) is 5.62. The van der Waals surface area contributed by atoms with Crippen molar-refractivity contribution in [1.82, 2.24) is 5.32 Å². The van der Waals surface area contributed by atoms with Crippen molar-refractivity contribution >= 4 is 5.91 Å². The SMILES string of the molecule is CC(NC(=O)C1(CN)CCOCC1)c1cccc(OC(F)(F)F)c1. The lowest BCUT2D eigenvalue weighted by Crippen LogP contribution is -2.49. The van der Waals surface area contributed by atoms with Gasteiger partial charge in [0.05, 0.1) is 11.5 Å². The van der Waals surface area contributed by atoms with Gasteiger partial charge in [-0.2, -0.15) is 0 Å². The summed E-state index contributed by atoms with van der Waals surface area (Å²) < 4.78 is 46.1. The van der Waals surface area contributed by atoms with Crippen LogP contribution >= 0.6 is 0 Å². The van der Waals surface area contributed by atoms with Crippen LogP contribution in [-0.2, 0) is 9.53 Å². The highest BCUT2D eigenvalue weighted by molar-refractivity contribution is 5.83. The third-order valence-electron chi connectivity index (χ3n) is 4.26. The second-order valence-corrected chi connectivity index (χ2v) is 5.91. The summed E-state index contributed by atoms with van der Waals surface area (Å²) in [6, 6.07) is 5.09. The number of carbonyl (C=O) groups is 1. The Morgan fingerprint density at radius 3 is 2.67 bits per heavy atom. The van der Waals surface area contributed by atoms with Gasteiger partial charge in [-0.15, -0.1) is 13.2 Å². The van der Waals surface area contributed by atoms with Crippen LogP contribution in [0.15, 0.2) is 24.3 Å². The zero-order valence-corrected chi connectivity index (χ0v) is 13.4. The van der Waals surface area contributed by atoms with Crippen molar-refractivity contribution in [2.75, 3.05) is 19.8 Å². The minimum absolute atomic E-state index is 0.201. The van der Waals surface area contributed by atoms with E-state index >= 15 is 0 Å². The molecule has 8 heteroatoms. The van der Waals surface area contributed by atoms with Gasteiger partial charge in [0.2, 0.25) is 5.91 Å². The first kappa shape index (κ1) is 18.5. The maximum atomic E-state index is 12.6. The first-order chi connectivity index (χ1) is 11.3. The predicted octanol–water partition coefficient (Wildman–Crippen LogP) is 2.52. The highest BCUT2D eigenvalue weighted by Crippen LogP contribution is 2.31. The van der Waals surface area contributed by atoms with Gasteiger partial charge < -0.3 is 20.5 Å². The summed E-state index contributed by atoms with van der Waals surface area (Å²) >= 11 is 0. The minimum Gasteiger partial charge on any atom is -0.406 e. The molecule has 1 aliphatic rings. The topological polar surface area (TPSA) is 73.6 Å². The number of amides is 1. The van der Waals surface area contributed by atoms with Crippen LogP contribution in [0.1, 0.15) is 31.4 Å². The number of rotatable bonds is 5. The Bertz CT molecular complexity index is 572. The van der Waals surface area contributed by atoms with Gasteiger partial charge in [-0.1, -0.05) is 12.1 Å². The van der Waals surface area contributed by atoms with E-state index in [1.807, 2.05) is 0 Å². The quantitative estimate of drug-likeness (QED) is 0.859. The molecule has 0 aromatic heterocycles. The van der Waals surface area contributed by atoms with E-state index in [9.17, 15) is 18.0 Å². The molecule has 1 unspecified atom stereocenters. The van der Waals surface area contributed by atoms with Crippen molar-refractivity contribution in [3.05, 3.63) is 29.8 Å². The Morgan fingerprint density at radius 1 is 1.42 bits per heavy atom. The van der Waals surface area contributed by atoms with E-state index in [2.05, 4.69) is 10.1 Å². The average Bonchev–Trinajstić information content (AvgIpc) is 2.54. The molecule has 1 atom stereocenters. The van der Waals surface area contributed by atoms with E-state index in [0.717, 1.165) is 0 Å². The fourth-order valence-electron chi connectivity index (χ4n) is 2.70. The number of nitrogens with two attached hydrogens (primary N) is 1. The van der Waals surface area contributed by atoms with Gasteiger partial charge in [-0.3, -0.25) is 4.79 Å². The molecule has 5 nitrogen and oxygen atoms in total. The molecule has 1 heterocycles. The number of halogens is 3. The fraction of sp³-hybridized carbons (Fsp3) is 0.562. The Labute approximate surface area is 138 Å². The van der Waals surface area contributed by atoms with Crippen LogP contribution in [0, 0.1) is 5.41 Å². The minimum atomic E-state index is -4.75. The highest BCUT2D eigenvalue weighted by atomic mass is 19.4. The van der Waals surface area contributed by atoms with Gasteiger partial charge in [0.15, 0.2) is 0 Å². The van der Waals surface area contributed by atoms with Crippen molar-refractivity contribution < 1.29 is 27.4 Å². The Kier molecular flexibility index (Phi) is 5.71. The molecule has 1 amide bonds. The molecular weight excluding hydrogens is 325 g/mol. The number of hydrogen-bond acceptors (Lipinski definition) is 4. The van der Waals surface area contributed by atoms with Crippen LogP contribution in [0.2, 0.25) is 0 Å². The molecule has 1 saturated heterocycles. The van der Waals surface area contributed by atoms with Crippen LogP contribution in [-0.4, -0.2) is 32.0 Å². The lowest BCUT2D eigenvalue weighted by Gasteiger charge is -2.35. The van der Waals surface area contributed by atoms with Crippen LogP contribution < -0.4 is 15.8 Å². The number of benzene rings is 1. The molecule has 1 aromatic rings. The molecule has 3 N–H and O–H groups in total. The summed E-state index contributed by atoms with van der Waals surface area (Å²) in [7, 11) is 0. The monoisotopic (exact) mass is 346 g/mol. The van der Waals surface area contributed by atoms with E-state index in [-0.39, 0.29) is 18.2 Å². The summed E-state index contributed by atoms with van der Waals surface area (Å²) in [5, 5.41) is 2.84. The Balaban J connectivity index is 2.07. The summed E-state index contributed by atoms with van der Waals surface area (Å²) in [6.07, 6.45) is -3.70. The molecule has 1 fully saturated rings. The normalized spacial score (nSPS) is 18.7. The Morgan fingerprint density at radius 2 is 2.08 bits per heavy atom. The lowest BCUT2D eigenvalue weighted by molar-refractivity contribution is -0.274. The van der Waals surface area contributed by atoms with Crippen molar-refractivity contribution in [3.63, 3.8) is 0 Å². The zero-order chi connectivity index (χ0) is 17.8. The number of ether oxygens (including phenoxy) is 2. The van der Waals surface area contributed by atoms with Crippen molar-refractivity contribution in [2.24, 2.45) is 11.1 Å². The number of carbonyl (C=O) groups excluding carboxylic acids is 1. The first-order valence-electron chi connectivity index (χ1n) is 7.70. The molecule has 0 saturated carbocycles. The molecule has 1 aliphatic heterocycles. The van der Waals surface area contributed by atoms with Crippen LogP contribution in [0.4, 0.5) is 13.2 Å². The van der Waals surface area contributed by atoms with E-state index in [0.29, 0.717) is 31.6 Å². The molecule has 0 radical (unpaired) electrons. The highest BCUT2D eigenvalue weighted by Gasteiger charge is 2.39. The molecule has 0 aliphatic carbocycles. The van der Waals surface area contributed by atoms with Crippen molar-refractivity contribution in [1.29, 1.82) is 0 Å². The number of nitrogens with one attached hydrogen (secondary N) is 1. The summed E-state index contributed by atoms with van der Waals surface area (Å²) in [5.74, 6) is -0.524. The third kappa shape index (κ3) is 4.61. The van der Waals surface area contributed by atoms with E-state index in [4.69, 9.17) is 10.5 Å². The average molecular weight is 346 g/mol. The van der Waals surface area contributed by atoms with Gasteiger partial charge in [0, 0.05) is 19.8 Å². The second kappa shape index (κ2) is 7.40. The van der Waals surface area contributed by atoms with E-state index in [1.54, 1.807) is 13.0 Å². The fourth-order valence-corrected chi connectivity index (χ4v) is 2.70. The maximum Gasteiger partial charge on any atom is 0.573 e. The maximum absolute atomic E-state index is 12.6. The molecular formula is C16H21F3N2O3. The van der Waals surface area contributed by atoms with Gasteiger partial charge in [-0.05, 0) is 37.5 Å². The van der Waals surface area contributed by atoms with Gasteiger partial charge in [0.1, 0.15) is 5.75 Å². The molecule has 0 spiro atoms. The van der Waals surface area contributed by atoms with E-state index in [1.165, 1.54) is 18.2 Å². The molecule has 1 aromatic carbocycles. The zero-order valence-electron chi connectivity index (χ0n) is 13.4. The number of hydrogen-bond donors (Lipinski definition) is 2. The molecule has 24 heavy (non-hydrogen) atoms. The van der Waals surface area contributed by atoms with Gasteiger partial charge in [-0.25, -0.2) is 0 Å². The van der Waals surface area contributed by atoms with Crippen molar-refractivity contribution in [2.45, 2.75) is 32.2 Å². The lowest BCUT2D eigenvalue weighted by atomic mass is 9.79. The predicted molar refractivity (Wildman–Crippen MR) is 81.2 cm³/mol. The summed E-state index contributed by atoms with van der Waals surface area (Å²) in [4.78, 5) is 12.6. The van der Waals surface area contributed by atoms with E-state index < -0.39 is 17.8 Å². The van der Waals surface area contributed by atoms with Gasteiger partial charge in [0.25, 0.3) is 0 Å².